The van der Waals surface area contributed by atoms with Crippen LogP contribution >= 0.6 is 0 Å². The van der Waals surface area contributed by atoms with E-state index in [0.29, 0.717) is 26.1 Å². The van der Waals surface area contributed by atoms with Gasteiger partial charge in [0.25, 0.3) is 5.91 Å². The van der Waals surface area contributed by atoms with Gasteiger partial charge in [-0.25, -0.2) is 13.4 Å². The number of piperidine rings is 1. The van der Waals surface area contributed by atoms with E-state index in [1.165, 1.54) is 10.4 Å². The third-order valence-corrected chi connectivity index (χ3v) is 7.10. The Balaban J connectivity index is 1.46. The summed E-state index contributed by atoms with van der Waals surface area (Å²) < 4.78 is 29.5. The molecule has 0 unspecified atom stereocenters. The van der Waals surface area contributed by atoms with Gasteiger partial charge in [0.15, 0.2) is 0 Å². The first-order valence-corrected chi connectivity index (χ1v) is 11.3. The molecule has 0 bridgehead atoms. The van der Waals surface area contributed by atoms with Crippen molar-refractivity contribution in [1.82, 2.24) is 19.0 Å². The number of fused-ring (bicyclic) bond motifs is 1. The van der Waals surface area contributed by atoms with Crippen LogP contribution in [0.2, 0.25) is 0 Å². The summed E-state index contributed by atoms with van der Waals surface area (Å²) in [5.74, 6) is -0.384. The lowest BCUT2D eigenvalue weighted by molar-refractivity contribution is 0.0950. The lowest BCUT2D eigenvalue weighted by Gasteiger charge is -2.26. The van der Waals surface area contributed by atoms with Gasteiger partial charge in [-0.2, -0.15) is 4.31 Å². The molecule has 3 aromatic rings. The highest BCUT2D eigenvalue weighted by Crippen LogP contribution is 2.23. The monoisotopic (exact) mass is 412 g/mol. The molecular weight excluding hydrogens is 388 g/mol. The first kappa shape index (κ1) is 19.6. The third-order valence-electron chi connectivity index (χ3n) is 5.15. The van der Waals surface area contributed by atoms with Gasteiger partial charge in [-0.3, -0.25) is 4.79 Å². The topological polar surface area (TPSA) is 83.8 Å². The Labute approximate surface area is 170 Å². The van der Waals surface area contributed by atoms with Gasteiger partial charge in [0, 0.05) is 38.4 Å². The summed E-state index contributed by atoms with van der Waals surface area (Å²) in [5, 5.41) is 2.84. The lowest BCUT2D eigenvalue weighted by atomic mass is 10.2. The van der Waals surface area contributed by atoms with Crippen LogP contribution in [0.5, 0.6) is 0 Å². The van der Waals surface area contributed by atoms with Crippen molar-refractivity contribution in [2.75, 3.05) is 19.6 Å². The Kier molecular flexibility index (Phi) is 5.64. The van der Waals surface area contributed by atoms with Crippen molar-refractivity contribution >= 4 is 21.6 Å². The molecule has 0 radical (unpaired) electrons. The van der Waals surface area contributed by atoms with Gasteiger partial charge in [-0.15, -0.1) is 0 Å². The molecule has 1 saturated heterocycles. The summed E-state index contributed by atoms with van der Waals surface area (Å²) in [5.41, 5.74) is 1.91. The van der Waals surface area contributed by atoms with Crippen LogP contribution < -0.4 is 5.32 Å². The zero-order chi connectivity index (χ0) is 20.3. The minimum atomic E-state index is -3.68. The number of pyridine rings is 1. The summed E-state index contributed by atoms with van der Waals surface area (Å²) in [7, 11) is -3.68. The van der Waals surface area contributed by atoms with E-state index in [1.807, 2.05) is 35.0 Å². The summed E-state index contributed by atoms with van der Waals surface area (Å²) in [6.45, 7) is 1.39. The molecule has 1 N–H and O–H groups in total. The number of carbonyl (C=O) groups excluding carboxylic acids is 1. The summed E-state index contributed by atoms with van der Waals surface area (Å²) in [6.07, 6.45) is 7.16. The number of hydrogen-bond acceptors (Lipinski definition) is 4. The minimum absolute atomic E-state index is 0.0760. The molecule has 1 amide bonds. The Bertz CT molecular complexity index is 1080. The van der Waals surface area contributed by atoms with Crippen molar-refractivity contribution in [3.8, 4) is 0 Å². The van der Waals surface area contributed by atoms with Crippen LogP contribution in [0.3, 0.4) is 0 Å². The Morgan fingerprint density at radius 2 is 1.79 bits per heavy atom. The minimum Gasteiger partial charge on any atom is -0.352 e. The number of amides is 1. The van der Waals surface area contributed by atoms with Gasteiger partial charge in [0.1, 0.15) is 5.65 Å². The average molecular weight is 413 g/mol. The predicted octanol–water partition coefficient (Wildman–Crippen LogP) is 2.48. The van der Waals surface area contributed by atoms with Crippen molar-refractivity contribution in [3.05, 3.63) is 66.1 Å². The molecule has 0 aliphatic carbocycles. The molecule has 0 saturated carbocycles. The van der Waals surface area contributed by atoms with Crippen molar-refractivity contribution < 1.29 is 13.2 Å². The molecule has 1 aliphatic rings. The van der Waals surface area contributed by atoms with E-state index < -0.39 is 10.0 Å². The lowest BCUT2D eigenvalue weighted by Crippen LogP contribution is -2.37. The van der Waals surface area contributed by atoms with Gasteiger partial charge >= 0.3 is 0 Å². The number of nitrogens with zero attached hydrogens (tertiary/aromatic N) is 3. The molecule has 8 heteroatoms. The molecular formula is C21H24N4O3S. The number of benzene rings is 1. The maximum Gasteiger partial charge on any atom is 0.252 e. The average Bonchev–Trinajstić information content (AvgIpc) is 3.17. The van der Waals surface area contributed by atoms with E-state index >= 15 is 0 Å². The predicted molar refractivity (Wildman–Crippen MR) is 110 cm³/mol. The van der Waals surface area contributed by atoms with Crippen LogP contribution in [0.1, 0.15) is 35.3 Å². The number of carbonyl (C=O) groups is 1. The highest BCUT2D eigenvalue weighted by Gasteiger charge is 2.29. The summed E-state index contributed by atoms with van der Waals surface area (Å²) in [4.78, 5) is 17.3. The van der Waals surface area contributed by atoms with Gasteiger partial charge in [-0.1, -0.05) is 24.6 Å². The van der Waals surface area contributed by atoms with Gasteiger partial charge < -0.3 is 9.72 Å². The fraction of sp³-hybridized carbons (Fsp3) is 0.333. The van der Waals surface area contributed by atoms with Gasteiger partial charge in [0.05, 0.1) is 16.2 Å². The molecule has 29 heavy (non-hydrogen) atoms. The van der Waals surface area contributed by atoms with Crippen LogP contribution in [0.15, 0.2) is 59.8 Å². The molecule has 152 valence electrons. The first-order valence-electron chi connectivity index (χ1n) is 9.86. The smallest absolute Gasteiger partial charge is 0.252 e. The molecule has 3 heterocycles. The Hall–Kier alpha value is -2.71. The molecule has 2 aromatic heterocycles. The standard InChI is InChI=1S/C21H24N4O3S/c26-21(22-12-11-17-16-24-13-7-4-10-20(24)23-17)18-8-2-3-9-19(18)29(27,28)25-14-5-1-6-15-25/h2-4,7-10,13,16H,1,5-6,11-12,14-15H2,(H,22,26). The molecule has 7 nitrogen and oxygen atoms in total. The maximum absolute atomic E-state index is 13.0. The van der Waals surface area contributed by atoms with Crippen LogP contribution in [0, 0.1) is 0 Å². The van der Waals surface area contributed by atoms with Crippen molar-refractivity contribution in [3.63, 3.8) is 0 Å². The molecule has 4 rings (SSSR count). The normalized spacial score (nSPS) is 15.4. The zero-order valence-corrected chi connectivity index (χ0v) is 16.9. The highest BCUT2D eigenvalue weighted by molar-refractivity contribution is 7.89. The van der Waals surface area contributed by atoms with Crippen molar-refractivity contribution in [2.24, 2.45) is 0 Å². The second-order valence-electron chi connectivity index (χ2n) is 7.17. The SMILES string of the molecule is O=C(NCCc1cn2ccccc2n1)c1ccccc1S(=O)(=O)N1CCCCC1. The molecule has 0 atom stereocenters. The quantitative estimate of drug-likeness (QED) is 0.674. The number of rotatable bonds is 6. The Morgan fingerprint density at radius 3 is 2.59 bits per heavy atom. The first-order chi connectivity index (χ1) is 14.1. The maximum atomic E-state index is 13.0. The van der Waals surface area contributed by atoms with E-state index in [9.17, 15) is 13.2 Å². The second-order valence-corrected chi connectivity index (χ2v) is 9.07. The van der Waals surface area contributed by atoms with Crippen LogP contribution in [-0.2, 0) is 16.4 Å². The summed E-state index contributed by atoms with van der Waals surface area (Å²) >= 11 is 0. The number of aromatic nitrogens is 2. The van der Waals surface area contributed by atoms with E-state index in [2.05, 4.69) is 10.3 Å². The van der Waals surface area contributed by atoms with Crippen molar-refractivity contribution in [1.29, 1.82) is 0 Å². The number of hydrogen-bond donors (Lipinski definition) is 1. The fourth-order valence-electron chi connectivity index (χ4n) is 3.63. The highest BCUT2D eigenvalue weighted by atomic mass is 32.2. The van der Waals surface area contributed by atoms with Crippen molar-refractivity contribution in [2.45, 2.75) is 30.6 Å². The Morgan fingerprint density at radius 1 is 1.03 bits per heavy atom. The van der Waals surface area contributed by atoms with Crippen LogP contribution in [0.4, 0.5) is 0 Å². The van der Waals surface area contributed by atoms with Gasteiger partial charge in [0.2, 0.25) is 10.0 Å². The number of nitrogens with one attached hydrogen (secondary N) is 1. The summed E-state index contributed by atoms with van der Waals surface area (Å²) in [6, 6.07) is 12.2. The number of imidazole rings is 1. The zero-order valence-electron chi connectivity index (χ0n) is 16.1. The van der Waals surface area contributed by atoms with E-state index in [0.717, 1.165) is 30.6 Å². The molecule has 1 aromatic carbocycles. The molecule has 0 spiro atoms. The van der Waals surface area contributed by atoms with E-state index in [1.54, 1.807) is 18.2 Å². The van der Waals surface area contributed by atoms with Crippen LogP contribution in [0.25, 0.3) is 5.65 Å². The van der Waals surface area contributed by atoms with E-state index in [-0.39, 0.29) is 16.4 Å². The third kappa shape index (κ3) is 4.18. The van der Waals surface area contributed by atoms with Gasteiger partial charge in [-0.05, 0) is 37.1 Å². The molecule has 1 aliphatic heterocycles. The fourth-order valence-corrected chi connectivity index (χ4v) is 5.34. The van der Waals surface area contributed by atoms with E-state index in [4.69, 9.17) is 0 Å². The second kappa shape index (κ2) is 8.34. The molecule has 1 fully saturated rings. The van der Waals surface area contributed by atoms with Crippen LogP contribution in [-0.4, -0.2) is 47.6 Å². The largest absolute Gasteiger partial charge is 0.352 e. The number of sulfonamides is 1.